The minimum Gasteiger partial charge on any atom is -0.384 e. The third-order valence-corrected chi connectivity index (χ3v) is 5.85. The summed E-state index contributed by atoms with van der Waals surface area (Å²) in [5.41, 5.74) is -6.36. The molecule has 4 rings (SSSR count). The molecule has 0 bridgehead atoms. The zero-order chi connectivity index (χ0) is 29.0. The number of hydrogen-bond acceptors (Lipinski definition) is 2. The molecule has 0 amide bonds. The number of aromatic nitrogens is 2. The lowest BCUT2D eigenvalue weighted by Crippen LogP contribution is -2.15. The van der Waals surface area contributed by atoms with Gasteiger partial charge in [0.05, 0.1) is 22.4 Å². The summed E-state index contributed by atoms with van der Waals surface area (Å²) in [5, 5.41) is 10.5. The monoisotopic (exact) mass is 558 g/mol. The number of nitrogens with zero attached hydrogens (tertiary/aromatic N) is 2. The van der Waals surface area contributed by atoms with Crippen molar-refractivity contribution in [2.75, 3.05) is 0 Å². The Morgan fingerprint density at radius 3 is 1.79 bits per heavy atom. The van der Waals surface area contributed by atoms with Crippen LogP contribution in [0, 0.1) is 0 Å². The lowest BCUT2D eigenvalue weighted by molar-refractivity contribution is -0.143. The van der Waals surface area contributed by atoms with Crippen molar-refractivity contribution in [1.82, 2.24) is 9.55 Å². The molecule has 3 aromatic carbocycles. The standard InChI is InChI=1S/C27H19F9N2O/c1-24(2,39)22-14-38(23(37-22)20-8-3-4-9-21(20)27(34,35)36)19-7-5-6-15(12-19)16-10-17(25(28,29)30)13-18(11-16)26(31,32)33/h3-14,39H,1-2H3. The molecular formula is C27H19F9N2O. The van der Waals surface area contributed by atoms with E-state index in [2.05, 4.69) is 4.98 Å². The van der Waals surface area contributed by atoms with E-state index in [1.165, 1.54) is 67.1 Å². The van der Waals surface area contributed by atoms with Gasteiger partial charge in [0.15, 0.2) is 0 Å². The molecule has 1 heterocycles. The summed E-state index contributed by atoms with van der Waals surface area (Å²) in [6.07, 6.45) is -13.6. The lowest BCUT2D eigenvalue weighted by Gasteiger charge is -2.16. The van der Waals surface area contributed by atoms with Gasteiger partial charge in [-0.1, -0.05) is 30.3 Å². The average molecular weight is 558 g/mol. The highest BCUT2D eigenvalue weighted by Crippen LogP contribution is 2.41. The van der Waals surface area contributed by atoms with Crippen molar-refractivity contribution in [3.05, 3.63) is 95.3 Å². The summed E-state index contributed by atoms with van der Waals surface area (Å²) in [5.74, 6) is -0.239. The number of aliphatic hydroxyl groups is 1. The summed E-state index contributed by atoms with van der Waals surface area (Å²) in [6.45, 7) is 2.72. The first-order valence-corrected chi connectivity index (χ1v) is 11.2. The molecule has 0 saturated carbocycles. The molecule has 3 nitrogen and oxygen atoms in total. The van der Waals surface area contributed by atoms with Crippen LogP contribution in [0.25, 0.3) is 28.2 Å². The number of alkyl halides is 9. The summed E-state index contributed by atoms with van der Waals surface area (Å²) in [6, 6.07) is 10.9. The van der Waals surface area contributed by atoms with Crippen LogP contribution in [-0.2, 0) is 24.1 Å². The molecule has 0 radical (unpaired) electrons. The first-order valence-electron chi connectivity index (χ1n) is 11.2. The van der Waals surface area contributed by atoms with Crippen LogP contribution >= 0.6 is 0 Å². The van der Waals surface area contributed by atoms with E-state index in [1.807, 2.05) is 0 Å². The third kappa shape index (κ3) is 5.95. The van der Waals surface area contributed by atoms with E-state index in [0.29, 0.717) is 12.1 Å². The molecule has 1 aromatic heterocycles. The van der Waals surface area contributed by atoms with Gasteiger partial charge in [-0.3, -0.25) is 4.57 Å². The predicted molar refractivity (Wildman–Crippen MR) is 125 cm³/mol. The number of rotatable bonds is 4. The first kappa shape index (κ1) is 28.2. The molecule has 206 valence electrons. The number of halogens is 9. The van der Waals surface area contributed by atoms with Gasteiger partial charge in [0, 0.05) is 17.4 Å². The van der Waals surface area contributed by atoms with E-state index >= 15 is 0 Å². The fourth-order valence-electron chi connectivity index (χ4n) is 3.94. The van der Waals surface area contributed by atoms with Gasteiger partial charge < -0.3 is 5.11 Å². The smallest absolute Gasteiger partial charge is 0.384 e. The fourth-order valence-corrected chi connectivity index (χ4v) is 3.94. The van der Waals surface area contributed by atoms with Crippen molar-refractivity contribution in [3.63, 3.8) is 0 Å². The lowest BCUT2D eigenvalue weighted by atomic mass is 9.98. The average Bonchev–Trinajstić information content (AvgIpc) is 3.28. The second-order valence-corrected chi connectivity index (χ2v) is 9.27. The van der Waals surface area contributed by atoms with Crippen LogP contribution in [-0.4, -0.2) is 14.7 Å². The Kier molecular flexibility index (Phi) is 6.83. The highest BCUT2D eigenvalue weighted by Gasteiger charge is 2.37. The Labute approximate surface area is 216 Å². The van der Waals surface area contributed by atoms with Crippen LogP contribution < -0.4 is 0 Å². The molecule has 4 aromatic rings. The number of hydrogen-bond donors (Lipinski definition) is 1. The molecule has 0 fully saturated rings. The van der Waals surface area contributed by atoms with E-state index in [9.17, 15) is 44.6 Å². The van der Waals surface area contributed by atoms with Crippen LogP contribution in [0.15, 0.2) is 72.9 Å². The molecule has 1 N–H and O–H groups in total. The fraction of sp³-hybridized carbons (Fsp3) is 0.222. The second-order valence-electron chi connectivity index (χ2n) is 9.27. The van der Waals surface area contributed by atoms with Gasteiger partial charge in [0.1, 0.15) is 11.4 Å². The molecule has 0 aliphatic carbocycles. The van der Waals surface area contributed by atoms with E-state index in [0.717, 1.165) is 6.07 Å². The molecular weight excluding hydrogens is 539 g/mol. The maximum absolute atomic E-state index is 13.8. The van der Waals surface area contributed by atoms with Crippen molar-refractivity contribution >= 4 is 0 Å². The van der Waals surface area contributed by atoms with Crippen molar-refractivity contribution in [1.29, 1.82) is 0 Å². The van der Waals surface area contributed by atoms with Crippen molar-refractivity contribution in [2.45, 2.75) is 38.0 Å². The van der Waals surface area contributed by atoms with Gasteiger partial charge in [-0.15, -0.1) is 0 Å². The second kappa shape index (κ2) is 9.44. The third-order valence-electron chi connectivity index (χ3n) is 5.85. The van der Waals surface area contributed by atoms with Crippen LogP contribution in [0.2, 0.25) is 0 Å². The molecule has 0 spiro atoms. The summed E-state index contributed by atoms with van der Waals surface area (Å²) < 4.78 is 123. The predicted octanol–water partition coefficient (Wildman–Crippen LogP) is 8.49. The molecule has 0 aliphatic rings. The van der Waals surface area contributed by atoms with Gasteiger partial charge in [-0.2, -0.15) is 39.5 Å². The Morgan fingerprint density at radius 2 is 1.26 bits per heavy atom. The molecule has 0 unspecified atom stereocenters. The van der Waals surface area contributed by atoms with Crippen molar-refractivity contribution in [2.24, 2.45) is 0 Å². The number of benzene rings is 3. The Bertz CT molecular complexity index is 1480. The van der Waals surface area contributed by atoms with E-state index in [4.69, 9.17) is 0 Å². The highest BCUT2D eigenvalue weighted by molar-refractivity contribution is 5.70. The quantitative estimate of drug-likeness (QED) is 0.255. The molecule has 39 heavy (non-hydrogen) atoms. The molecule has 0 aliphatic heterocycles. The topological polar surface area (TPSA) is 38.0 Å². The van der Waals surface area contributed by atoms with Gasteiger partial charge in [-0.25, -0.2) is 4.98 Å². The Balaban J connectivity index is 1.95. The van der Waals surface area contributed by atoms with Crippen molar-refractivity contribution in [3.8, 4) is 28.2 Å². The van der Waals surface area contributed by atoms with Gasteiger partial charge in [0.25, 0.3) is 0 Å². The minimum atomic E-state index is -5.06. The minimum absolute atomic E-state index is 0.00496. The van der Waals surface area contributed by atoms with Crippen LogP contribution in [0.5, 0.6) is 0 Å². The van der Waals surface area contributed by atoms with E-state index in [1.54, 1.807) is 0 Å². The number of imidazole rings is 1. The molecule has 0 atom stereocenters. The largest absolute Gasteiger partial charge is 0.417 e. The van der Waals surface area contributed by atoms with Gasteiger partial charge >= 0.3 is 18.5 Å². The molecule has 0 saturated heterocycles. The van der Waals surface area contributed by atoms with Gasteiger partial charge in [-0.05, 0) is 61.4 Å². The molecule has 12 heteroatoms. The summed E-state index contributed by atoms with van der Waals surface area (Å²) in [4.78, 5) is 4.21. The normalized spacial score (nSPS) is 13.1. The van der Waals surface area contributed by atoms with E-state index in [-0.39, 0.29) is 34.4 Å². The zero-order valence-electron chi connectivity index (χ0n) is 20.2. The summed E-state index contributed by atoms with van der Waals surface area (Å²) in [7, 11) is 0. The Morgan fingerprint density at radius 1 is 0.667 bits per heavy atom. The SMILES string of the molecule is CC(C)(O)c1cn(-c2cccc(-c3cc(C(F)(F)F)cc(C(F)(F)F)c3)c2)c(-c2ccccc2C(F)(F)F)n1. The maximum Gasteiger partial charge on any atom is 0.417 e. The summed E-state index contributed by atoms with van der Waals surface area (Å²) >= 11 is 0. The van der Waals surface area contributed by atoms with Gasteiger partial charge in [0.2, 0.25) is 0 Å². The van der Waals surface area contributed by atoms with Crippen molar-refractivity contribution < 1.29 is 44.6 Å². The maximum atomic E-state index is 13.8. The Hall–Kier alpha value is -3.80. The highest BCUT2D eigenvalue weighted by atomic mass is 19.4. The van der Waals surface area contributed by atoms with E-state index < -0.39 is 46.4 Å². The first-order chi connectivity index (χ1) is 17.9. The van der Waals surface area contributed by atoms with Crippen LogP contribution in [0.4, 0.5) is 39.5 Å². The van der Waals surface area contributed by atoms with Crippen LogP contribution in [0.3, 0.4) is 0 Å². The zero-order valence-corrected chi connectivity index (χ0v) is 20.2. The van der Waals surface area contributed by atoms with Crippen LogP contribution in [0.1, 0.15) is 36.2 Å².